The number of Topliss-reactive ketones (excluding diaryl/α,β-unsaturated/α-hetero) is 1. The molecule has 0 fully saturated rings. The van der Waals surface area contributed by atoms with Crippen LogP contribution in [0.25, 0.3) is 10.4 Å². The van der Waals surface area contributed by atoms with E-state index in [2.05, 4.69) is 20.8 Å². The second kappa shape index (κ2) is 14.7. The molecule has 0 bridgehead atoms. The molecule has 0 saturated heterocycles. The normalized spacial score (nSPS) is 17.5. The van der Waals surface area contributed by atoms with Crippen molar-refractivity contribution in [2.24, 2.45) is 22.8 Å². The van der Waals surface area contributed by atoms with Gasteiger partial charge in [-0.25, -0.2) is 4.79 Å². The lowest BCUT2D eigenvalue weighted by molar-refractivity contribution is -0.133. The molecule has 43 heavy (non-hydrogen) atoms. The Morgan fingerprint density at radius 1 is 1.14 bits per heavy atom. The van der Waals surface area contributed by atoms with Crippen LogP contribution in [0.5, 0.6) is 5.75 Å². The molecule has 0 aromatic heterocycles. The zero-order chi connectivity index (χ0) is 31.6. The minimum Gasteiger partial charge on any atom is -0.489 e. The fraction of sp³-hybridized carbons (Fsp3) is 0.400. The number of nitrogens with one attached hydrogen (secondary N) is 2. The number of hydrogen-bond acceptors (Lipinski definition) is 9. The molecule has 1 aliphatic rings. The van der Waals surface area contributed by atoms with Gasteiger partial charge in [0.05, 0.1) is 23.7 Å². The van der Waals surface area contributed by atoms with Crippen LogP contribution in [0.3, 0.4) is 0 Å². The number of aldehydes is 1. The maximum atomic E-state index is 13.2. The van der Waals surface area contributed by atoms with Gasteiger partial charge in [-0.1, -0.05) is 49.4 Å². The summed E-state index contributed by atoms with van der Waals surface area (Å²) in [5.74, 6) is -2.56. The molecule has 3 unspecified atom stereocenters. The molecule has 2 aromatic carbocycles. The number of alkyl carbamates (subject to hydrolysis) is 1. The van der Waals surface area contributed by atoms with Crippen LogP contribution in [0, 0.1) is 11.8 Å². The number of azide groups is 1. The number of ether oxygens (including phenoxy) is 2. The first-order chi connectivity index (χ1) is 20.4. The molecule has 3 rings (SSSR count). The summed E-state index contributed by atoms with van der Waals surface area (Å²) in [6, 6.07) is 15.1. The number of benzene rings is 2. The quantitative estimate of drug-likeness (QED) is 0.0710. The van der Waals surface area contributed by atoms with Gasteiger partial charge in [0.1, 0.15) is 35.3 Å². The van der Waals surface area contributed by atoms with Crippen molar-refractivity contribution in [1.29, 1.82) is 0 Å². The number of nitrogens with two attached hydrogens (primary N) is 1. The number of carbonyl (C=O) groups is 4. The third-order valence-corrected chi connectivity index (χ3v) is 6.60. The van der Waals surface area contributed by atoms with E-state index >= 15 is 0 Å². The Labute approximate surface area is 249 Å². The number of primary amides is 1. The number of ketones is 1. The summed E-state index contributed by atoms with van der Waals surface area (Å²) in [4.78, 5) is 57.0. The Morgan fingerprint density at radius 2 is 1.81 bits per heavy atom. The van der Waals surface area contributed by atoms with Gasteiger partial charge in [-0.15, -0.1) is 0 Å². The number of rotatable bonds is 14. The Kier molecular flexibility index (Phi) is 11.1. The molecule has 0 radical (unpaired) electrons. The van der Waals surface area contributed by atoms with E-state index in [1.54, 1.807) is 52.0 Å². The van der Waals surface area contributed by atoms with E-state index in [1.165, 1.54) is 0 Å². The van der Waals surface area contributed by atoms with Crippen molar-refractivity contribution in [3.8, 4) is 5.75 Å². The van der Waals surface area contributed by atoms with E-state index < -0.39 is 53.7 Å². The molecule has 0 saturated carbocycles. The third-order valence-electron chi connectivity index (χ3n) is 6.60. The summed E-state index contributed by atoms with van der Waals surface area (Å²) in [7, 11) is 0. The number of amides is 2. The number of hydrogen-bond donors (Lipinski definition) is 3. The summed E-state index contributed by atoms with van der Waals surface area (Å²) in [5.41, 5.74) is 15.4. The monoisotopic (exact) mass is 592 g/mol. The van der Waals surface area contributed by atoms with E-state index in [0.29, 0.717) is 29.9 Å². The predicted octanol–water partition coefficient (Wildman–Crippen LogP) is 4.54. The van der Waals surface area contributed by atoms with Crippen LogP contribution in [-0.4, -0.2) is 35.7 Å². The first-order valence-electron chi connectivity index (χ1n) is 13.7. The van der Waals surface area contributed by atoms with Crippen molar-refractivity contribution in [2.45, 2.75) is 64.8 Å². The van der Waals surface area contributed by atoms with Gasteiger partial charge in [-0.2, -0.15) is 0 Å². The molecule has 0 aliphatic carbocycles. The van der Waals surface area contributed by atoms with Gasteiger partial charge >= 0.3 is 6.09 Å². The molecule has 2 aromatic rings. The van der Waals surface area contributed by atoms with E-state index in [0.717, 1.165) is 5.56 Å². The molecule has 2 amide bonds. The fourth-order valence-electron chi connectivity index (χ4n) is 4.59. The van der Waals surface area contributed by atoms with Crippen LogP contribution in [0.2, 0.25) is 0 Å². The zero-order valence-corrected chi connectivity index (χ0v) is 24.5. The molecule has 0 spiro atoms. The lowest BCUT2D eigenvalue weighted by Gasteiger charge is -2.25. The highest BCUT2D eigenvalue weighted by Crippen LogP contribution is 2.34. The van der Waals surface area contributed by atoms with Gasteiger partial charge in [0.25, 0.3) is 0 Å². The molecular weight excluding hydrogens is 556 g/mol. The molecule has 228 valence electrons. The highest BCUT2D eigenvalue weighted by Gasteiger charge is 2.41. The SMILES string of the molecule is CC1C(ON=[N+]=[N-])=C(C[C@H](NC(=O)OC(C)(C)C)c2ccc(OCc3ccccc3)cc2)NC1C(=O)C(C=O)CC(N)=O. The van der Waals surface area contributed by atoms with Crippen molar-refractivity contribution in [2.75, 3.05) is 0 Å². The molecular formula is C30H36N6O7. The summed E-state index contributed by atoms with van der Waals surface area (Å²) < 4.78 is 11.4. The predicted molar refractivity (Wildman–Crippen MR) is 156 cm³/mol. The Hall–Kier alpha value is -5.03. The molecule has 1 aliphatic heterocycles. The van der Waals surface area contributed by atoms with Crippen LogP contribution in [0.1, 0.15) is 57.7 Å². The number of nitrogens with zero attached hydrogens (tertiary/aromatic N) is 3. The lowest BCUT2D eigenvalue weighted by atomic mass is 9.89. The summed E-state index contributed by atoms with van der Waals surface area (Å²) in [6.45, 7) is 7.23. The third kappa shape index (κ3) is 9.50. The topological polar surface area (TPSA) is 195 Å². The zero-order valence-electron chi connectivity index (χ0n) is 24.5. The maximum absolute atomic E-state index is 13.2. The van der Waals surface area contributed by atoms with Crippen LogP contribution >= 0.6 is 0 Å². The van der Waals surface area contributed by atoms with Crippen LogP contribution in [-0.2, 0) is 30.6 Å². The first-order valence-corrected chi connectivity index (χ1v) is 13.7. The van der Waals surface area contributed by atoms with E-state index in [4.69, 9.17) is 25.6 Å². The molecule has 1 heterocycles. The summed E-state index contributed by atoms with van der Waals surface area (Å²) in [6.07, 6.45) is -0.686. The maximum Gasteiger partial charge on any atom is 0.408 e. The van der Waals surface area contributed by atoms with Crippen LogP contribution in [0.15, 0.2) is 71.3 Å². The van der Waals surface area contributed by atoms with Crippen molar-refractivity contribution < 1.29 is 33.5 Å². The van der Waals surface area contributed by atoms with Crippen molar-refractivity contribution in [3.63, 3.8) is 0 Å². The average molecular weight is 593 g/mol. The highest BCUT2D eigenvalue weighted by molar-refractivity contribution is 6.00. The Bertz CT molecular complexity index is 1380. The van der Waals surface area contributed by atoms with Crippen LogP contribution in [0.4, 0.5) is 4.79 Å². The first kappa shape index (κ1) is 32.5. The molecule has 13 nitrogen and oxygen atoms in total. The largest absolute Gasteiger partial charge is 0.489 e. The highest BCUT2D eigenvalue weighted by atomic mass is 16.6. The van der Waals surface area contributed by atoms with E-state index in [-0.39, 0.29) is 12.2 Å². The minimum absolute atomic E-state index is 0.0649. The van der Waals surface area contributed by atoms with Crippen molar-refractivity contribution in [1.82, 2.24) is 10.6 Å². The Morgan fingerprint density at radius 3 is 2.40 bits per heavy atom. The number of carbonyl (C=O) groups excluding carboxylic acids is 4. The second-order valence-electron chi connectivity index (χ2n) is 11.1. The molecule has 4 atom stereocenters. The standard InChI is InChI=1S/C30H36N6O7/c1-18-26(27(39)21(16-37)14-25(31)38)33-24(28(18)43-36-35-32)15-23(34-29(40)42-30(2,3)4)20-10-12-22(13-11-20)41-17-19-8-6-5-7-9-19/h5-13,16,18,21,23,26,33H,14-15,17H2,1-4H3,(H2,31,38)(H,34,40)/t18?,21?,23-,26?/m0/s1. The van der Waals surface area contributed by atoms with Gasteiger partial charge in [0, 0.05) is 23.7 Å². The van der Waals surface area contributed by atoms with E-state index in [9.17, 15) is 19.2 Å². The van der Waals surface area contributed by atoms with Gasteiger partial charge in [0.15, 0.2) is 5.78 Å². The van der Waals surface area contributed by atoms with Gasteiger partial charge in [-0.05, 0) is 49.6 Å². The van der Waals surface area contributed by atoms with Gasteiger partial charge < -0.3 is 35.5 Å². The average Bonchev–Trinajstić information content (AvgIpc) is 3.26. The van der Waals surface area contributed by atoms with Crippen molar-refractivity contribution >= 4 is 24.1 Å². The fourth-order valence-corrected chi connectivity index (χ4v) is 4.59. The summed E-state index contributed by atoms with van der Waals surface area (Å²) in [5, 5.41) is 9.11. The van der Waals surface area contributed by atoms with E-state index in [1.807, 2.05) is 30.3 Å². The molecule has 4 N–H and O–H groups in total. The smallest absolute Gasteiger partial charge is 0.408 e. The second-order valence-corrected chi connectivity index (χ2v) is 11.1. The van der Waals surface area contributed by atoms with Crippen molar-refractivity contribution in [3.05, 3.63) is 87.6 Å². The lowest BCUT2D eigenvalue weighted by Crippen LogP contribution is -2.42. The van der Waals surface area contributed by atoms with Gasteiger partial charge in [-0.3, -0.25) is 9.59 Å². The molecule has 13 heteroatoms. The van der Waals surface area contributed by atoms with Crippen LogP contribution < -0.4 is 21.1 Å². The minimum atomic E-state index is -1.27. The Balaban J connectivity index is 1.88. The summed E-state index contributed by atoms with van der Waals surface area (Å²) >= 11 is 0. The van der Waals surface area contributed by atoms with Gasteiger partial charge in [0.2, 0.25) is 5.91 Å².